The van der Waals surface area contributed by atoms with Crippen molar-refractivity contribution in [2.24, 2.45) is 0 Å². The average molecular weight is 288 g/mol. The van der Waals surface area contributed by atoms with E-state index in [2.05, 4.69) is 11.0 Å². The van der Waals surface area contributed by atoms with Crippen LogP contribution in [0.3, 0.4) is 0 Å². The lowest BCUT2D eigenvalue weighted by molar-refractivity contribution is -0.127. The van der Waals surface area contributed by atoms with Gasteiger partial charge in [-0.1, -0.05) is 24.3 Å². The van der Waals surface area contributed by atoms with Gasteiger partial charge in [-0.05, 0) is 37.4 Å². The number of fused-ring (bicyclic) bond motifs is 1. The van der Waals surface area contributed by atoms with Crippen LogP contribution in [0.2, 0.25) is 0 Å². The van der Waals surface area contributed by atoms with Crippen LogP contribution in [0, 0.1) is 0 Å². The molecule has 0 spiro atoms. The molecule has 1 fully saturated rings. The highest BCUT2D eigenvalue weighted by molar-refractivity contribution is 5.78. The van der Waals surface area contributed by atoms with Crippen molar-refractivity contribution in [3.05, 3.63) is 35.4 Å². The topological polar surface area (TPSA) is 43.8 Å². The van der Waals surface area contributed by atoms with Gasteiger partial charge in [0.15, 0.2) is 0 Å². The highest BCUT2D eigenvalue weighted by Crippen LogP contribution is 2.37. The largest absolute Gasteiger partial charge is 0.384 e. The second-order valence-corrected chi connectivity index (χ2v) is 6.41. The number of carbonyl (C=O) groups is 1. The molecule has 1 heterocycles. The molecule has 114 valence electrons. The van der Waals surface area contributed by atoms with Crippen LogP contribution in [0.25, 0.3) is 0 Å². The fraction of sp³-hybridized carbons (Fsp3) is 0.588. The van der Waals surface area contributed by atoms with E-state index in [0.717, 1.165) is 44.5 Å². The third-order valence-electron chi connectivity index (χ3n) is 4.78. The predicted molar refractivity (Wildman–Crippen MR) is 82.0 cm³/mol. The van der Waals surface area contributed by atoms with Crippen molar-refractivity contribution in [2.45, 2.75) is 31.3 Å². The molecule has 1 saturated heterocycles. The number of rotatable bonds is 5. The Bertz CT molecular complexity index is 531. The lowest BCUT2D eigenvalue weighted by atomic mass is 9.95. The standard InChI is InChI=1S/C17H24N2O2/c1-18(11-12-19-10-4-7-16(19)20)13-17(21)9-8-14-5-2-3-6-15(14)17/h2-3,5-6,21H,4,7-13H2,1H3. The first kappa shape index (κ1) is 14.5. The predicted octanol–water partition coefficient (Wildman–Crippen LogP) is 1.37. The highest BCUT2D eigenvalue weighted by atomic mass is 16.3. The summed E-state index contributed by atoms with van der Waals surface area (Å²) in [6.45, 7) is 3.11. The molecule has 1 aromatic rings. The number of carbonyl (C=O) groups excluding carboxylic acids is 1. The molecular formula is C17H24N2O2. The Morgan fingerprint density at radius 3 is 2.90 bits per heavy atom. The van der Waals surface area contributed by atoms with E-state index in [1.807, 2.05) is 30.1 Å². The number of benzene rings is 1. The third kappa shape index (κ3) is 2.97. The molecule has 1 aliphatic carbocycles. The molecule has 1 amide bonds. The van der Waals surface area contributed by atoms with Crippen molar-refractivity contribution >= 4 is 5.91 Å². The molecule has 1 atom stereocenters. The van der Waals surface area contributed by atoms with E-state index >= 15 is 0 Å². The van der Waals surface area contributed by atoms with Crippen molar-refractivity contribution in [1.82, 2.24) is 9.80 Å². The Morgan fingerprint density at radius 2 is 2.14 bits per heavy atom. The normalized spacial score (nSPS) is 24.9. The van der Waals surface area contributed by atoms with Crippen LogP contribution in [-0.2, 0) is 16.8 Å². The van der Waals surface area contributed by atoms with Crippen molar-refractivity contribution < 1.29 is 9.90 Å². The first-order chi connectivity index (χ1) is 10.1. The molecule has 0 bridgehead atoms. The third-order valence-corrected chi connectivity index (χ3v) is 4.78. The van der Waals surface area contributed by atoms with Gasteiger partial charge in [0, 0.05) is 32.6 Å². The summed E-state index contributed by atoms with van der Waals surface area (Å²) in [5.41, 5.74) is 1.61. The van der Waals surface area contributed by atoms with Crippen LogP contribution < -0.4 is 0 Å². The van der Waals surface area contributed by atoms with Crippen LogP contribution in [0.5, 0.6) is 0 Å². The van der Waals surface area contributed by atoms with Gasteiger partial charge in [0.1, 0.15) is 5.60 Å². The van der Waals surface area contributed by atoms with Crippen molar-refractivity contribution in [1.29, 1.82) is 0 Å². The van der Waals surface area contributed by atoms with Crippen LogP contribution in [0.4, 0.5) is 0 Å². The molecule has 4 nitrogen and oxygen atoms in total. The van der Waals surface area contributed by atoms with Gasteiger partial charge in [0.2, 0.25) is 5.91 Å². The summed E-state index contributed by atoms with van der Waals surface area (Å²) in [6, 6.07) is 8.18. The number of amides is 1. The van der Waals surface area contributed by atoms with E-state index in [9.17, 15) is 9.90 Å². The fourth-order valence-electron chi connectivity index (χ4n) is 3.59. The summed E-state index contributed by atoms with van der Waals surface area (Å²) < 4.78 is 0. The van der Waals surface area contributed by atoms with Crippen molar-refractivity contribution in [3.8, 4) is 0 Å². The first-order valence-corrected chi connectivity index (χ1v) is 7.86. The molecule has 2 aliphatic rings. The van der Waals surface area contributed by atoms with Gasteiger partial charge in [-0.2, -0.15) is 0 Å². The van der Waals surface area contributed by atoms with Gasteiger partial charge < -0.3 is 14.9 Å². The quantitative estimate of drug-likeness (QED) is 0.890. The van der Waals surface area contributed by atoms with Crippen molar-refractivity contribution in [2.75, 3.05) is 33.2 Å². The number of hydrogen-bond donors (Lipinski definition) is 1. The molecule has 0 saturated carbocycles. The van der Waals surface area contributed by atoms with Crippen LogP contribution in [-0.4, -0.2) is 54.0 Å². The first-order valence-electron chi connectivity index (χ1n) is 7.86. The fourth-order valence-corrected chi connectivity index (χ4v) is 3.59. The highest BCUT2D eigenvalue weighted by Gasteiger charge is 2.37. The van der Waals surface area contributed by atoms with Crippen LogP contribution in [0.1, 0.15) is 30.4 Å². The molecule has 3 rings (SSSR count). The van der Waals surface area contributed by atoms with E-state index in [1.165, 1.54) is 5.56 Å². The van der Waals surface area contributed by atoms with Crippen LogP contribution in [0.15, 0.2) is 24.3 Å². The zero-order chi connectivity index (χ0) is 14.9. The van der Waals surface area contributed by atoms with Gasteiger partial charge in [-0.25, -0.2) is 0 Å². The summed E-state index contributed by atoms with van der Waals surface area (Å²) in [7, 11) is 2.03. The minimum absolute atomic E-state index is 0.272. The van der Waals surface area contributed by atoms with E-state index in [-0.39, 0.29) is 5.91 Å². The molecule has 1 aliphatic heterocycles. The van der Waals surface area contributed by atoms with E-state index in [1.54, 1.807) is 0 Å². The number of likely N-dealkylation sites (tertiary alicyclic amines) is 1. The smallest absolute Gasteiger partial charge is 0.222 e. The summed E-state index contributed by atoms with van der Waals surface area (Å²) in [4.78, 5) is 15.7. The zero-order valence-electron chi connectivity index (χ0n) is 12.7. The molecular weight excluding hydrogens is 264 g/mol. The second kappa shape index (κ2) is 5.78. The van der Waals surface area contributed by atoms with Crippen LogP contribution >= 0.6 is 0 Å². The maximum absolute atomic E-state index is 11.6. The molecule has 0 aromatic heterocycles. The lowest BCUT2D eigenvalue weighted by Gasteiger charge is -2.30. The lowest BCUT2D eigenvalue weighted by Crippen LogP contribution is -2.41. The van der Waals surface area contributed by atoms with Gasteiger partial charge in [-0.15, -0.1) is 0 Å². The minimum atomic E-state index is -0.736. The Morgan fingerprint density at radius 1 is 1.33 bits per heavy atom. The maximum Gasteiger partial charge on any atom is 0.222 e. The minimum Gasteiger partial charge on any atom is -0.384 e. The van der Waals surface area contributed by atoms with Crippen molar-refractivity contribution in [3.63, 3.8) is 0 Å². The molecule has 1 aromatic carbocycles. The van der Waals surface area contributed by atoms with Gasteiger partial charge in [0.05, 0.1) is 0 Å². The molecule has 1 unspecified atom stereocenters. The number of likely N-dealkylation sites (N-methyl/N-ethyl adjacent to an activating group) is 1. The maximum atomic E-state index is 11.6. The number of hydrogen-bond acceptors (Lipinski definition) is 3. The summed E-state index contributed by atoms with van der Waals surface area (Å²) >= 11 is 0. The summed E-state index contributed by atoms with van der Waals surface area (Å²) in [5.74, 6) is 0.272. The van der Waals surface area contributed by atoms with E-state index < -0.39 is 5.60 Å². The number of nitrogens with zero attached hydrogens (tertiary/aromatic N) is 2. The number of aliphatic hydroxyl groups is 1. The monoisotopic (exact) mass is 288 g/mol. The van der Waals surface area contributed by atoms with Gasteiger partial charge in [-0.3, -0.25) is 4.79 Å². The van der Waals surface area contributed by atoms with E-state index in [0.29, 0.717) is 13.0 Å². The number of aryl methyl sites for hydroxylation is 1. The summed E-state index contributed by atoms with van der Waals surface area (Å²) in [5, 5.41) is 10.9. The van der Waals surface area contributed by atoms with Gasteiger partial charge >= 0.3 is 0 Å². The Balaban J connectivity index is 1.57. The average Bonchev–Trinajstić information content (AvgIpc) is 3.02. The molecule has 1 N–H and O–H groups in total. The summed E-state index contributed by atoms with van der Waals surface area (Å²) in [6.07, 6.45) is 3.42. The second-order valence-electron chi connectivity index (χ2n) is 6.41. The Kier molecular flexibility index (Phi) is 4.00. The van der Waals surface area contributed by atoms with E-state index in [4.69, 9.17) is 0 Å². The molecule has 4 heteroatoms. The Labute approximate surface area is 126 Å². The zero-order valence-corrected chi connectivity index (χ0v) is 12.7. The van der Waals surface area contributed by atoms with Gasteiger partial charge in [0.25, 0.3) is 0 Å². The Hall–Kier alpha value is -1.39. The molecule has 21 heavy (non-hydrogen) atoms. The molecule has 0 radical (unpaired) electrons. The SMILES string of the molecule is CN(CCN1CCCC1=O)CC1(O)CCc2ccccc21.